The number of urea groups is 1. The van der Waals surface area contributed by atoms with Crippen LogP contribution < -0.4 is 5.32 Å². The summed E-state index contributed by atoms with van der Waals surface area (Å²) in [6.45, 7) is 6.31. The van der Waals surface area contributed by atoms with E-state index in [4.69, 9.17) is 5.11 Å². The number of piperazine rings is 1. The number of carbonyl (C=O) groups excluding carboxylic acids is 1. The molecule has 2 fully saturated rings. The number of hydrogen-bond acceptors (Lipinski definition) is 5. The molecule has 0 aromatic rings. The van der Waals surface area contributed by atoms with Crippen LogP contribution in [0.4, 0.5) is 4.79 Å². The number of nitrogens with one attached hydrogen (secondary N) is 1. The van der Waals surface area contributed by atoms with Crippen LogP contribution >= 0.6 is 11.8 Å². The van der Waals surface area contributed by atoms with Gasteiger partial charge in [0.1, 0.15) is 0 Å². The van der Waals surface area contributed by atoms with Crippen LogP contribution in [0.2, 0.25) is 0 Å². The average molecular weight is 316 g/mol. The van der Waals surface area contributed by atoms with Crippen molar-refractivity contribution >= 4 is 23.8 Å². The summed E-state index contributed by atoms with van der Waals surface area (Å²) in [6.07, 6.45) is 0. The van der Waals surface area contributed by atoms with Crippen LogP contribution in [-0.2, 0) is 4.79 Å². The molecule has 2 aliphatic heterocycles. The lowest BCUT2D eigenvalue weighted by atomic mass is 10.3. The van der Waals surface area contributed by atoms with Crippen molar-refractivity contribution in [1.29, 1.82) is 0 Å². The molecule has 7 nitrogen and oxygen atoms in total. The van der Waals surface area contributed by atoms with Gasteiger partial charge in [-0.2, -0.15) is 11.8 Å². The topological polar surface area (TPSA) is 76.1 Å². The minimum Gasteiger partial charge on any atom is -0.480 e. The molecule has 0 atom stereocenters. The summed E-state index contributed by atoms with van der Waals surface area (Å²) >= 11 is 1.98. The molecule has 0 aromatic carbocycles. The van der Waals surface area contributed by atoms with Crippen LogP contribution in [-0.4, -0.2) is 102 Å². The molecule has 0 unspecified atom stereocenters. The fourth-order valence-corrected chi connectivity index (χ4v) is 3.54. The Hall–Kier alpha value is -0.990. The molecule has 0 bridgehead atoms. The van der Waals surface area contributed by atoms with Gasteiger partial charge in [-0.25, -0.2) is 4.79 Å². The van der Waals surface area contributed by atoms with Gasteiger partial charge in [-0.15, -0.1) is 0 Å². The van der Waals surface area contributed by atoms with Crippen molar-refractivity contribution in [3.63, 3.8) is 0 Å². The van der Waals surface area contributed by atoms with Gasteiger partial charge in [0.05, 0.1) is 6.54 Å². The van der Waals surface area contributed by atoms with Gasteiger partial charge < -0.3 is 15.3 Å². The standard InChI is InChI=1S/C13H24N4O3S/c18-12(19)11-16-3-5-17(6-4-16)13(20)14-1-2-15-7-9-21-10-8-15/h1-11H2,(H,14,20)(H,18,19). The number of aliphatic carboxylic acids is 1. The number of amides is 2. The number of carbonyl (C=O) groups is 2. The van der Waals surface area contributed by atoms with Gasteiger partial charge in [0.2, 0.25) is 0 Å². The Morgan fingerprint density at radius 3 is 2.29 bits per heavy atom. The maximum absolute atomic E-state index is 12.0. The Bertz CT molecular complexity index is 355. The molecule has 0 aliphatic carbocycles. The highest BCUT2D eigenvalue weighted by Gasteiger charge is 2.22. The van der Waals surface area contributed by atoms with Crippen LogP contribution in [0, 0.1) is 0 Å². The van der Waals surface area contributed by atoms with Gasteiger partial charge >= 0.3 is 12.0 Å². The number of carboxylic acids is 1. The molecule has 2 aliphatic rings. The average Bonchev–Trinajstić information content (AvgIpc) is 2.48. The normalized spacial score (nSPS) is 21.2. The van der Waals surface area contributed by atoms with Crippen molar-refractivity contribution in [2.75, 3.05) is 70.4 Å². The van der Waals surface area contributed by atoms with E-state index in [1.807, 2.05) is 16.7 Å². The Morgan fingerprint density at radius 2 is 1.67 bits per heavy atom. The van der Waals surface area contributed by atoms with E-state index in [1.165, 1.54) is 11.5 Å². The monoisotopic (exact) mass is 316 g/mol. The van der Waals surface area contributed by atoms with Crippen LogP contribution in [0.3, 0.4) is 0 Å². The molecule has 2 saturated heterocycles. The highest BCUT2D eigenvalue weighted by molar-refractivity contribution is 7.99. The molecule has 2 heterocycles. The van der Waals surface area contributed by atoms with Crippen molar-refractivity contribution in [3.8, 4) is 0 Å². The van der Waals surface area contributed by atoms with Crippen LogP contribution in [0.25, 0.3) is 0 Å². The van der Waals surface area contributed by atoms with E-state index in [1.54, 1.807) is 4.90 Å². The number of nitrogens with zero attached hydrogens (tertiary/aromatic N) is 3. The Labute approximate surface area is 129 Å². The Balaban J connectivity index is 1.59. The summed E-state index contributed by atoms with van der Waals surface area (Å²) in [6, 6.07) is -0.0311. The zero-order valence-electron chi connectivity index (χ0n) is 12.3. The van der Waals surface area contributed by atoms with Crippen LogP contribution in [0.5, 0.6) is 0 Å². The van der Waals surface area contributed by atoms with Gasteiger partial charge in [-0.3, -0.25) is 14.6 Å². The van der Waals surface area contributed by atoms with E-state index in [2.05, 4.69) is 10.2 Å². The van der Waals surface area contributed by atoms with Gasteiger partial charge in [-0.05, 0) is 0 Å². The fourth-order valence-electron chi connectivity index (χ4n) is 2.56. The molecule has 120 valence electrons. The lowest BCUT2D eigenvalue weighted by molar-refractivity contribution is -0.138. The second kappa shape index (κ2) is 8.45. The summed E-state index contributed by atoms with van der Waals surface area (Å²) in [4.78, 5) is 28.7. The number of carboxylic acid groups (broad SMARTS) is 1. The van der Waals surface area contributed by atoms with Crippen molar-refractivity contribution in [3.05, 3.63) is 0 Å². The van der Waals surface area contributed by atoms with E-state index < -0.39 is 5.97 Å². The van der Waals surface area contributed by atoms with E-state index in [0.29, 0.717) is 32.7 Å². The Kier molecular flexibility index (Phi) is 6.59. The minimum atomic E-state index is -0.812. The Morgan fingerprint density at radius 1 is 1.00 bits per heavy atom. The lowest BCUT2D eigenvalue weighted by Crippen LogP contribution is -2.53. The number of thioether (sulfide) groups is 1. The zero-order chi connectivity index (χ0) is 15.1. The number of rotatable bonds is 5. The highest BCUT2D eigenvalue weighted by Crippen LogP contribution is 2.08. The summed E-state index contributed by atoms with van der Waals surface area (Å²) in [5.41, 5.74) is 0. The van der Waals surface area contributed by atoms with Crippen LogP contribution in [0.15, 0.2) is 0 Å². The first-order valence-corrected chi connectivity index (χ1v) is 8.57. The third-order valence-electron chi connectivity index (χ3n) is 3.83. The van der Waals surface area contributed by atoms with Gasteiger partial charge in [0.15, 0.2) is 0 Å². The lowest BCUT2D eigenvalue weighted by Gasteiger charge is -2.34. The molecule has 2 rings (SSSR count). The predicted octanol–water partition coefficient (Wildman–Crippen LogP) is -0.553. The SMILES string of the molecule is O=C(O)CN1CCN(C(=O)NCCN2CCSCC2)CC1. The molecule has 2 amide bonds. The quantitative estimate of drug-likeness (QED) is 0.709. The zero-order valence-corrected chi connectivity index (χ0v) is 13.1. The molecule has 2 N–H and O–H groups in total. The maximum Gasteiger partial charge on any atom is 0.317 e. The molecule has 0 saturated carbocycles. The third-order valence-corrected chi connectivity index (χ3v) is 4.77. The van der Waals surface area contributed by atoms with Crippen LogP contribution in [0.1, 0.15) is 0 Å². The van der Waals surface area contributed by atoms with E-state index in [9.17, 15) is 9.59 Å². The molecule has 0 radical (unpaired) electrons. The molecular weight excluding hydrogens is 292 g/mol. The predicted molar refractivity (Wildman–Crippen MR) is 82.8 cm³/mol. The smallest absolute Gasteiger partial charge is 0.317 e. The summed E-state index contributed by atoms with van der Waals surface area (Å²) < 4.78 is 0. The van der Waals surface area contributed by atoms with Gasteiger partial charge in [0.25, 0.3) is 0 Å². The molecule has 21 heavy (non-hydrogen) atoms. The first kappa shape index (κ1) is 16.4. The second-order valence-electron chi connectivity index (χ2n) is 5.34. The first-order valence-electron chi connectivity index (χ1n) is 7.42. The van der Waals surface area contributed by atoms with E-state index >= 15 is 0 Å². The van der Waals surface area contributed by atoms with Gasteiger partial charge in [-0.1, -0.05) is 0 Å². The highest BCUT2D eigenvalue weighted by atomic mass is 32.2. The largest absolute Gasteiger partial charge is 0.480 e. The van der Waals surface area contributed by atoms with Crippen molar-refractivity contribution in [2.45, 2.75) is 0 Å². The van der Waals surface area contributed by atoms with Crippen molar-refractivity contribution < 1.29 is 14.7 Å². The summed E-state index contributed by atoms with van der Waals surface area (Å²) in [7, 11) is 0. The van der Waals surface area contributed by atoms with E-state index in [-0.39, 0.29) is 12.6 Å². The third kappa shape index (κ3) is 5.72. The minimum absolute atomic E-state index is 0.0311. The van der Waals surface area contributed by atoms with Gasteiger partial charge in [0, 0.05) is 63.9 Å². The molecule has 0 spiro atoms. The second-order valence-corrected chi connectivity index (χ2v) is 6.57. The number of hydrogen-bond donors (Lipinski definition) is 2. The summed E-state index contributed by atoms with van der Waals surface area (Å²) in [5.74, 6) is 1.55. The maximum atomic E-state index is 12.0. The first-order chi connectivity index (χ1) is 10.1. The molecule has 8 heteroatoms. The molecule has 0 aromatic heterocycles. The van der Waals surface area contributed by atoms with E-state index in [0.717, 1.165) is 19.6 Å². The molecular formula is C13H24N4O3S. The van der Waals surface area contributed by atoms with Crippen molar-refractivity contribution in [2.24, 2.45) is 0 Å². The van der Waals surface area contributed by atoms with Crippen molar-refractivity contribution in [1.82, 2.24) is 20.0 Å². The fraction of sp³-hybridized carbons (Fsp3) is 0.846. The summed E-state index contributed by atoms with van der Waals surface area (Å²) in [5, 5.41) is 11.7.